The van der Waals surface area contributed by atoms with E-state index in [0.717, 1.165) is 5.56 Å². The summed E-state index contributed by atoms with van der Waals surface area (Å²) in [7, 11) is 4.95. The summed E-state index contributed by atoms with van der Waals surface area (Å²) >= 11 is 0. The van der Waals surface area contributed by atoms with E-state index >= 15 is 4.39 Å². The molecule has 0 saturated carbocycles. The summed E-state index contributed by atoms with van der Waals surface area (Å²) in [5.41, 5.74) is 3.61. The molecule has 3 aromatic carbocycles. The Morgan fingerprint density at radius 1 is 0.955 bits per heavy atom. The number of likely N-dealkylation sites (N-methyl/N-ethyl adjacent to an activating group) is 1. The second kappa shape index (κ2) is 12.3. The Morgan fingerprint density at radius 3 is 2.45 bits per heavy atom. The number of aromatic nitrogens is 2. The normalized spacial score (nSPS) is 11.9. The first kappa shape index (κ1) is 30.4. The molecule has 44 heavy (non-hydrogen) atoms. The van der Waals surface area contributed by atoms with Gasteiger partial charge in [0.05, 0.1) is 23.8 Å². The minimum absolute atomic E-state index is 0.0388. The van der Waals surface area contributed by atoms with E-state index in [9.17, 15) is 18.8 Å². The van der Waals surface area contributed by atoms with Crippen LogP contribution < -0.4 is 16.2 Å². The molecule has 0 fully saturated rings. The van der Waals surface area contributed by atoms with Crippen LogP contribution in [0.5, 0.6) is 0 Å². The van der Waals surface area contributed by atoms with Crippen molar-refractivity contribution in [1.29, 1.82) is 0 Å². The molecular formula is C34H33F2N5O3. The number of nitrogens with zero attached hydrogens (tertiary/aromatic N) is 3. The van der Waals surface area contributed by atoms with E-state index in [1.807, 2.05) is 13.1 Å². The van der Waals surface area contributed by atoms with Crippen molar-refractivity contribution >= 4 is 28.4 Å². The number of amides is 2. The van der Waals surface area contributed by atoms with Crippen LogP contribution in [0.4, 0.5) is 14.5 Å². The zero-order valence-electron chi connectivity index (χ0n) is 25.1. The SMILES string of the molecule is CN[C@@H](C)C(=O)Nc1ccc(-c2cccc(C(=O)N(C)C)c2)n(Cc2cc(F)cc(-n3cc(C)c4cc(F)ccc43)c2)c1=O. The molecule has 0 aliphatic rings. The average molecular weight is 598 g/mol. The van der Waals surface area contributed by atoms with E-state index < -0.39 is 17.4 Å². The summed E-state index contributed by atoms with van der Waals surface area (Å²) in [6.45, 7) is 3.49. The molecule has 0 bridgehead atoms. The standard InChI is InChI=1S/C34H33F2N5O3/c1-20-18-40(31-11-9-25(35)17-28(20)31)27-14-22(13-26(36)16-27)19-41-30(23-7-6-8-24(15-23)33(43)39(4)5)12-10-29(34(41)44)38-32(42)21(2)37-3/h6-18,21,37H,19H2,1-5H3,(H,38,42)/t21-/m0/s1. The number of carbonyl (C=O) groups is 2. The number of benzene rings is 3. The second-order valence-electron chi connectivity index (χ2n) is 11.0. The predicted octanol–water partition coefficient (Wildman–Crippen LogP) is 5.34. The second-order valence-corrected chi connectivity index (χ2v) is 11.0. The minimum atomic E-state index is -0.546. The van der Waals surface area contributed by atoms with Crippen molar-refractivity contribution in [2.24, 2.45) is 0 Å². The zero-order valence-corrected chi connectivity index (χ0v) is 25.1. The molecule has 5 rings (SSSR count). The van der Waals surface area contributed by atoms with Crippen molar-refractivity contribution in [3.8, 4) is 16.9 Å². The lowest BCUT2D eigenvalue weighted by Gasteiger charge is -2.18. The van der Waals surface area contributed by atoms with Gasteiger partial charge in [-0.1, -0.05) is 12.1 Å². The van der Waals surface area contributed by atoms with Crippen LogP contribution in [0.2, 0.25) is 0 Å². The number of halogens is 2. The van der Waals surface area contributed by atoms with Crippen LogP contribution in [-0.2, 0) is 11.3 Å². The Labute approximate surface area is 253 Å². The van der Waals surface area contributed by atoms with Gasteiger partial charge in [0.1, 0.15) is 17.3 Å². The van der Waals surface area contributed by atoms with Crippen molar-refractivity contribution in [3.05, 3.63) is 118 Å². The van der Waals surface area contributed by atoms with Crippen molar-refractivity contribution in [2.75, 3.05) is 26.5 Å². The number of carbonyl (C=O) groups excluding carboxylic acids is 2. The first-order valence-corrected chi connectivity index (χ1v) is 14.1. The topological polar surface area (TPSA) is 88.4 Å². The van der Waals surface area contributed by atoms with Crippen LogP contribution in [0, 0.1) is 18.6 Å². The van der Waals surface area contributed by atoms with Gasteiger partial charge >= 0.3 is 0 Å². The van der Waals surface area contributed by atoms with E-state index in [1.54, 1.807) is 75.1 Å². The summed E-state index contributed by atoms with van der Waals surface area (Å²) in [6.07, 6.45) is 1.81. The van der Waals surface area contributed by atoms with Crippen LogP contribution in [0.15, 0.2) is 83.8 Å². The van der Waals surface area contributed by atoms with Crippen molar-refractivity contribution in [3.63, 3.8) is 0 Å². The average Bonchev–Trinajstić information content (AvgIpc) is 3.33. The lowest BCUT2D eigenvalue weighted by atomic mass is 10.1. The maximum atomic E-state index is 15.1. The molecule has 0 unspecified atom stereocenters. The smallest absolute Gasteiger partial charge is 0.275 e. The highest BCUT2D eigenvalue weighted by Crippen LogP contribution is 2.28. The zero-order chi connectivity index (χ0) is 31.7. The molecule has 2 heterocycles. The van der Waals surface area contributed by atoms with Crippen LogP contribution in [0.1, 0.15) is 28.4 Å². The van der Waals surface area contributed by atoms with Crippen LogP contribution in [0.3, 0.4) is 0 Å². The van der Waals surface area contributed by atoms with Gasteiger partial charge in [0.15, 0.2) is 0 Å². The van der Waals surface area contributed by atoms with Gasteiger partial charge in [0, 0.05) is 36.9 Å². The summed E-state index contributed by atoms with van der Waals surface area (Å²) in [5.74, 6) is -1.46. The highest BCUT2D eigenvalue weighted by atomic mass is 19.1. The number of anilines is 1. The van der Waals surface area contributed by atoms with Gasteiger partial charge in [0.25, 0.3) is 11.5 Å². The number of nitrogens with one attached hydrogen (secondary N) is 2. The molecule has 2 aromatic heterocycles. The van der Waals surface area contributed by atoms with E-state index in [0.29, 0.717) is 39.0 Å². The fraction of sp³-hybridized carbons (Fsp3) is 0.206. The number of hydrogen-bond acceptors (Lipinski definition) is 4. The molecule has 5 aromatic rings. The third-order valence-electron chi connectivity index (χ3n) is 7.60. The molecule has 226 valence electrons. The summed E-state index contributed by atoms with van der Waals surface area (Å²) < 4.78 is 32.3. The summed E-state index contributed by atoms with van der Waals surface area (Å²) in [5, 5.41) is 6.24. The maximum Gasteiger partial charge on any atom is 0.275 e. The van der Waals surface area contributed by atoms with Crippen LogP contribution in [0.25, 0.3) is 27.8 Å². The molecule has 0 aliphatic carbocycles. The van der Waals surface area contributed by atoms with E-state index in [2.05, 4.69) is 10.6 Å². The predicted molar refractivity (Wildman–Crippen MR) is 168 cm³/mol. The lowest BCUT2D eigenvalue weighted by molar-refractivity contribution is -0.117. The van der Waals surface area contributed by atoms with E-state index in [4.69, 9.17) is 0 Å². The largest absolute Gasteiger partial charge is 0.345 e. The quantitative estimate of drug-likeness (QED) is 0.253. The Kier molecular flexibility index (Phi) is 8.46. The number of aryl methyl sites for hydroxylation is 1. The van der Waals surface area contributed by atoms with Crippen LogP contribution >= 0.6 is 0 Å². The van der Waals surface area contributed by atoms with Gasteiger partial charge in [0.2, 0.25) is 5.91 Å². The molecule has 0 radical (unpaired) electrons. The highest BCUT2D eigenvalue weighted by Gasteiger charge is 2.18. The molecule has 8 nitrogen and oxygen atoms in total. The highest BCUT2D eigenvalue weighted by molar-refractivity contribution is 5.96. The Balaban J connectivity index is 1.64. The molecule has 2 amide bonds. The van der Waals surface area contributed by atoms with Gasteiger partial charge in [-0.2, -0.15) is 0 Å². The summed E-state index contributed by atoms with van der Waals surface area (Å²) in [6, 6.07) is 18.5. The molecule has 0 saturated heterocycles. The molecule has 0 aliphatic heterocycles. The van der Waals surface area contributed by atoms with Gasteiger partial charge in [-0.25, -0.2) is 8.78 Å². The molecular weight excluding hydrogens is 564 g/mol. The minimum Gasteiger partial charge on any atom is -0.345 e. The van der Waals surface area contributed by atoms with Crippen molar-refractivity contribution < 1.29 is 18.4 Å². The fourth-order valence-electron chi connectivity index (χ4n) is 5.15. The van der Waals surface area contributed by atoms with Crippen molar-refractivity contribution in [1.82, 2.24) is 19.4 Å². The first-order valence-electron chi connectivity index (χ1n) is 14.1. The van der Waals surface area contributed by atoms with E-state index in [1.165, 1.54) is 39.8 Å². The molecule has 2 N–H and O–H groups in total. The van der Waals surface area contributed by atoms with Crippen LogP contribution in [-0.4, -0.2) is 53.0 Å². The molecule has 1 atom stereocenters. The number of pyridine rings is 1. The third kappa shape index (κ3) is 6.02. The van der Waals surface area contributed by atoms with Gasteiger partial charge in [-0.15, -0.1) is 0 Å². The third-order valence-corrected chi connectivity index (χ3v) is 7.60. The maximum absolute atomic E-state index is 15.1. The Morgan fingerprint density at radius 2 is 1.73 bits per heavy atom. The van der Waals surface area contributed by atoms with E-state index in [-0.39, 0.29) is 29.9 Å². The lowest BCUT2D eigenvalue weighted by Crippen LogP contribution is -2.37. The van der Waals surface area contributed by atoms with Crippen molar-refractivity contribution in [2.45, 2.75) is 26.4 Å². The number of rotatable bonds is 8. The molecule has 10 heteroatoms. The van der Waals surface area contributed by atoms with Gasteiger partial charge in [-0.05, 0) is 98.2 Å². The number of fused-ring (bicyclic) bond motifs is 1. The summed E-state index contributed by atoms with van der Waals surface area (Å²) in [4.78, 5) is 40.7. The number of hydrogen-bond donors (Lipinski definition) is 2. The van der Waals surface area contributed by atoms with Gasteiger partial charge in [-0.3, -0.25) is 14.4 Å². The monoisotopic (exact) mass is 597 g/mol. The first-order chi connectivity index (χ1) is 21.0. The Bertz CT molecular complexity index is 1960. The fourth-order valence-corrected chi connectivity index (χ4v) is 5.15. The molecule has 0 spiro atoms. The Hall–Kier alpha value is -5.09. The van der Waals surface area contributed by atoms with Gasteiger partial charge < -0.3 is 24.7 Å².